The molecular weight excluding hydrogens is 232 g/mol. The first-order valence-electron chi connectivity index (χ1n) is 5.89. The van der Waals surface area contributed by atoms with E-state index in [4.69, 9.17) is 9.47 Å². The lowest BCUT2D eigenvalue weighted by molar-refractivity contribution is -0.143. The van der Waals surface area contributed by atoms with Gasteiger partial charge in [0.1, 0.15) is 5.75 Å². The topological polar surface area (TPSA) is 53.4 Å². The molecule has 1 aromatic heterocycles. The van der Waals surface area contributed by atoms with Crippen molar-refractivity contribution in [2.75, 3.05) is 13.7 Å². The molecule has 0 radical (unpaired) electrons. The molecule has 0 fully saturated rings. The lowest BCUT2D eigenvalue weighted by Crippen LogP contribution is -2.09. The molecule has 0 amide bonds. The van der Waals surface area contributed by atoms with Crippen molar-refractivity contribution in [3.05, 3.63) is 24.4 Å². The van der Waals surface area contributed by atoms with Gasteiger partial charge in [-0.1, -0.05) is 0 Å². The van der Waals surface area contributed by atoms with Crippen LogP contribution in [0, 0.1) is 0 Å². The van der Waals surface area contributed by atoms with E-state index in [1.54, 1.807) is 18.7 Å². The summed E-state index contributed by atoms with van der Waals surface area (Å²) in [6.07, 6.45) is 2.23. The minimum Gasteiger partial charge on any atom is -0.497 e. The van der Waals surface area contributed by atoms with Crippen LogP contribution in [0.5, 0.6) is 5.75 Å². The Labute approximate surface area is 105 Å². The Morgan fingerprint density at radius 1 is 1.44 bits per heavy atom. The summed E-state index contributed by atoms with van der Waals surface area (Å²) in [6.45, 7) is 2.74. The average Bonchev–Trinajstić information content (AvgIpc) is 2.78. The molecule has 2 rings (SSSR count). The molecule has 1 heterocycles. The van der Waals surface area contributed by atoms with Gasteiger partial charge in [0.05, 0.1) is 32.2 Å². The van der Waals surface area contributed by atoms with E-state index in [0.717, 1.165) is 16.7 Å². The number of nitrogens with zero attached hydrogens (tertiary/aromatic N) is 2. The number of ether oxygens (including phenoxy) is 2. The maximum Gasteiger partial charge on any atom is 0.307 e. The maximum absolute atomic E-state index is 11.2. The molecule has 1 aromatic carbocycles. The molecule has 0 saturated carbocycles. The third-order valence-corrected chi connectivity index (χ3v) is 2.61. The molecule has 5 heteroatoms. The van der Waals surface area contributed by atoms with Gasteiger partial charge in [0.15, 0.2) is 0 Å². The number of aromatic nitrogens is 2. The highest BCUT2D eigenvalue weighted by Crippen LogP contribution is 2.19. The van der Waals surface area contributed by atoms with Gasteiger partial charge in [0.25, 0.3) is 0 Å². The zero-order valence-electron chi connectivity index (χ0n) is 10.5. The summed E-state index contributed by atoms with van der Waals surface area (Å²) in [5.41, 5.74) is 0.889. The molecule has 5 nitrogen and oxygen atoms in total. The van der Waals surface area contributed by atoms with Crippen molar-refractivity contribution < 1.29 is 14.3 Å². The second-order valence-corrected chi connectivity index (χ2v) is 3.87. The van der Waals surface area contributed by atoms with E-state index in [1.807, 2.05) is 24.4 Å². The zero-order valence-corrected chi connectivity index (χ0v) is 10.5. The second kappa shape index (κ2) is 5.53. The van der Waals surface area contributed by atoms with Gasteiger partial charge < -0.3 is 9.47 Å². The average molecular weight is 248 g/mol. The SMILES string of the molecule is CCOC(=O)CCn1cc2cc(OC)ccc2n1. The molecule has 0 aliphatic carbocycles. The molecule has 0 aliphatic rings. The highest BCUT2D eigenvalue weighted by atomic mass is 16.5. The molecule has 18 heavy (non-hydrogen) atoms. The molecular formula is C13H16N2O3. The number of benzene rings is 1. The lowest BCUT2D eigenvalue weighted by atomic mass is 10.2. The fourth-order valence-electron chi connectivity index (χ4n) is 1.74. The van der Waals surface area contributed by atoms with E-state index < -0.39 is 0 Å². The maximum atomic E-state index is 11.2. The molecule has 0 bridgehead atoms. The molecule has 0 atom stereocenters. The molecule has 96 valence electrons. The van der Waals surface area contributed by atoms with E-state index in [1.165, 1.54) is 0 Å². The minimum absolute atomic E-state index is 0.199. The summed E-state index contributed by atoms with van der Waals surface area (Å²) in [5.74, 6) is 0.599. The van der Waals surface area contributed by atoms with Crippen LogP contribution >= 0.6 is 0 Å². The van der Waals surface area contributed by atoms with Gasteiger partial charge in [-0.25, -0.2) is 0 Å². The van der Waals surface area contributed by atoms with Crippen LogP contribution < -0.4 is 4.74 Å². The molecule has 0 saturated heterocycles. The van der Waals surface area contributed by atoms with Gasteiger partial charge in [0.2, 0.25) is 0 Å². The number of rotatable bonds is 5. The van der Waals surface area contributed by atoms with Crippen LogP contribution in [0.25, 0.3) is 10.9 Å². The van der Waals surface area contributed by atoms with Crippen molar-refractivity contribution in [2.45, 2.75) is 19.9 Å². The van der Waals surface area contributed by atoms with Crippen LogP contribution in [0.15, 0.2) is 24.4 Å². The number of fused-ring (bicyclic) bond motifs is 1. The summed E-state index contributed by atoms with van der Waals surface area (Å²) < 4.78 is 11.8. The van der Waals surface area contributed by atoms with E-state index in [9.17, 15) is 4.79 Å². The Kier molecular flexibility index (Phi) is 3.82. The smallest absolute Gasteiger partial charge is 0.307 e. The van der Waals surface area contributed by atoms with Crippen molar-refractivity contribution in [1.82, 2.24) is 9.78 Å². The number of methoxy groups -OCH3 is 1. The quantitative estimate of drug-likeness (QED) is 0.759. The first kappa shape index (κ1) is 12.4. The number of carbonyl (C=O) groups excluding carboxylic acids is 1. The van der Waals surface area contributed by atoms with Crippen LogP contribution in [0.4, 0.5) is 0 Å². The Morgan fingerprint density at radius 3 is 3.00 bits per heavy atom. The Morgan fingerprint density at radius 2 is 2.28 bits per heavy atom. The lowest BCUT2D eigenvalue weighted by Gasteiger charge is -2.01. The number of hydrogen-bond acceptors (Lipinski definition) is 4. The highest BCUT2D eigenvalue weighted by molar-refractivity contribution is 5.79. The number of esters is 1. The molecule has 0 N–H and O–H groups in total. The van der Waals surface area contributed by atoms with Gasteiger partial charge in [-0.2, -0.15) is 5.10 Å². The summed E-state index contributed by atoms with van der Waals surface area (Å²) in [6, 6.07) is 5.68. The number of aryl methyl sites for hydroxylation is 1. The minimum atomic E-state index is -0.199. The van der Waals surface area contributed by atoms with Gasteiger partial charge in [-0.3, -0.25) is 9.48 Å². The molecule has 0 aliphatic heterocycles. The Hall–Kier alpha value is -2.04. The standard InChI is InChI=1S/C13H16N2O3/c1-3-18-13(16)6-7-15-9-10-8-11(17-2)4-5-12(10)14-15/h4-5,8-9H,3,6-7H2,1-2H3. The predicted octanol–water partition coefficient (Wildman–Crippen LogP) is 2.00. The largest absolute Gasteiger partial charge is 0.497 e. The van der Waals surface area contributed by atoms with Crippen molar-refractivity contribution in [2.24, 2.45) is 0 Å². The summed E-state index contributed by atoms with van der Waals surface area (Å²) in [4.78, 5) is 11.2. The van der Waals surface area contributed by atoms with Crippen LogP contribution in [0.2, 0.25) is 0 Å². The van der Waals surface area contributed by atoms with Crippen molar-refractivity contribution >= 4 is 16.9 Å². The third-order valence-electron chi connectivity index (χ3n) is 2.61. The summed E-state index contributed by atoms with van der Waals surface area (Å²) in [5, 5.41) is 5.37. The van der Waals surface area contributed by atoms with E-state index in [-0.39, 0.29) is 5.97 Å². The van der Waals surface area contributed by atoms with Crippen molar-refractivity contribution in [3.8, 4) is 5.75 Å². The highest BCUT2D eigenvalue weighted by Gasteiger charge is 2.05. The summed E-state index contributed by atoms with van der Waals surface area (Å²) in [7, 11) is 1.63. The third kappa shape index (κ3) is 2.80. The van der Waals surface area contributed by atoms with E-state index in [0.29, 0.717) is 19.6 Å². The molecule has 0 spiro atoms. The number of hydrogen-bond donors (Lipinski definition) is 0. The van der Waals surface area contributed by atoms with Crippen molar-refractivity contribution in [1.29, 1.82) is 0 Å². The van der Waals surface area contributed by atoms with E-state index in [2.05, 4.69) is 5.10 Å². The van der Waals surface area contributed by atoms with Crippen LogP contribution in [-0.4, -0.2) is 29.5 Å². The van der Waals surface area contributed by atoms with E-state index >= 15 is 0 Å². The first-order valence-corrected chi connectivity index (χ1v) is 5.89. The Bertz CT molecular complexity index is 548. The van der Waals surface area contributed by atoms with Crippen LogP contribution in [0.3, 0.4) is 0 Å². The van der Waals surface area contributed by atoms with Gasteiger partial charge in [-0.05, 0) is 25.1 Å². The molecule has 2 aromatic rings. The monoisotopic (exact) mass is 248 g/mol. The molecule has 0 unspecified atom stereocenters. The first-order chi connectivity index (χ1) is 8.72. The second-order valence-electron chi connectivity index (χ2n) is 3.87. The van der Waals surface area contributed by atoms with Crippen molar-refractivity contribution in [3.63, 3.8) is 0 Å². The fraction of sp³-hybridized carbons (Fsp3) is 0.385. The normalized spacial score (nSPS) is 10.6. The predicted molar refractivity (Wildman–Crippen MR) is 67.5 cm³/mol. The van der Waals surface area contributed by atoms with Gasteiger partial charge >= 0.3 is 5.97 Å². The van der Waals surface area contributed by atoms with Gasteiger partial charge in [0, 0.05) is 11.6 Å². The fourth-order valence-corrected chi connectivity index (χ4v) is 1.74. The summed E-state index contributed by atoms with van der Waals surface area (Å²) >= 11 is 0. The zero-order chi connectivity index (χ0) is 13.0. The van der Waals surface area contributed by atoms with Gasteiger partial charge in [-0.15, -0.1) is 0 Å². The van der Waals surface area contributed by atoms with Crippen LogP contribution in [0.1, 0.15) is 13.3 Å². The number of carbonyl (C=O) groups is 1. The van der Waals surface area contributed by atoms with Crippen LogP contribution in [-0.2, 0) is 16.1 Å². The Balaban J connectivity index is 2.08.